The number of carbonyl (C=O) groups is 1. The molecule has 3 aromatic rings. The highest BCUT2D eigenvalue weighted by Crippen LogP contribution is 2.44. The van der Waals surface area contributed by atoms with Crippen molar-refractivity contribution in [2.75, 3.05) is 19.6 Å². The fourth-order valence-electron chi connectivity index (χ4n) is 4.85. The molecule has 170 valence electrons. The number of nitrogens with one attached hydrogen (secondary N) is 1. The molecule has 1 spiro atoms. The summed E-state index contributed by atoms with van der Waals surface area (Å²) in [6, 6.07) is 19.4. The number of ether oxygens (including phenoxy) is 1. The second-order valence-electron chi connectivity index (χ2n) is 8.56. The Hall–Kier alpha value is -2.44. The summed E-state index contributed by atoms with van der Waals surface area (Å²) >= 11 is 12.4. The molecular weight excluding hydrogens is 457 g/mol. The van der Waals surface area contributed by atoms with Gasteiger partial charge >= 0.3 is 0 Å². The molecule has 5 nitrogen and oxygen atoms in total. The zero-order valence-corrected chi connectivity index (χ0v) is 19.6. The summed E-state index contributed by atoms with van der Waals surface area (Å²) in [6.45, 7) is 2.21. The lowest BCUT2D eigenvalue weighted by molar-refractivity contribution is -0.137. The lowest BCUT2D eigenvalue weighted by Gasteiger charge is -2.39. The number of benzene rings is 2. The molecule has 1 amide bonds. The van der Waals surface area contributed by atoms with Gasteiger partial charge in [0.25, 0.3) is 0 Å². The Bertz CT molecular complexity index is 1150. The number of nitrogens with zero attached hydrogens (tertiary/aromatic N) is 2. The number of piperidine rings is 1. The molecule has 1 unspecified atom stereocenters. The SMILES string of the molecule is O=C(CNC(c1ccc(Cl)c(Cl)c1)c1ccccn1)N1CCC2(CC1)OCc1ccccc12. The van der Waals surface area contributed by atoms with Crippen LogP contribution in [0.4, 0.5) is 0 Å². The standard InChI is InChI=1S/C26H25Cl2N3O2/c27-21-9-8-18(15-22(21)28)25(23-7-3-4-12-29-23)30-16-24(32)31-13-10-26(11-14-31)20-6-2-1-5-19(20)17-33-26/h1-9,12,15,25,30H,10-11,13-14,16-17H2. The Labute approximate surface area is 203 Å². The largest absolute Gasteiger partial charge is 0.365 e. The molecule has 2 aliphatic rings. The molecule has 1 saturated heterocycles. The van der Waals surface area contributed by atoms with E-state index in [9.17, 15) is 4.79 Å². The Balaban J connectivity index is 1.26. The fourth-order valence-corrected chi connectivity index (χ4v) is 5.15. The lowest BCUT2D eigenvalue weighted by Crippen LogP contribution is -2.48. The highest BCUT2D eigenvalue weighted by atomic mass is 35.5. The topological polar surface area (TPSA) is 54.5 Å². The van der Waals surface area contributed by atoms with Gasteiger partial charge in [-0.25, -0.2) is 0 Å². The van der Waals surface area contributed by atoms with E-state index in [4.69, 9.17) is 27.9 Å². The van der Waals surface area contributed by atoms with Crippen molar-refractivity contribution in [1.82, 2.24) is 15.2 Å². The van der Waals surface area contributed by atoms with Crippen LogP contribution < -0.4 is 5.32 Å². The molecule has 0 bridgehead atoms. The summed E-state index contributed by atoms with van der Waals surface area (Å²) in [5, 5.41) is 4.35. The minimum absolute atomic E-state index is 0.0668. The number of pyridine rings is 1. The van der Waals surface area contributed by atoms with Gasteiger partial charge < -0.3 is 9.64 Å². The molecule has 1 N–H and O–H groups in total. The zero-order valence-electron chi connectivity index (χ0n) is 18.1. The van der Waals surface area contributed by atoms with Crippen molar-refractivity contribution in [3.05, 3.63) is 99.3 Å². The number of aromatic nitrogens is 1. The van der Waals surface area contributed by atoms with Gasteiger partial charge in [0.1, 0.15) is 0 Å². The predicted octanol–water partition coefficient (Wildman–Crippen LogP) is 5.12. The van der Waals surface area contributed by atoms with Crippen LogP contribution in [0.1, 0.15) is 41.3 Å². The van der Waals surface area contributed by atoms with Crippen LogP contribution in [0, 0.1) is 0 Å². The molecule has 33 heavy (non-hydrogen) atoms. The molecule has 1 aromatic heterocycles. The number of carbonyl (C=O) groups excluding carboxylic acids is 1. The van der Waals surface area contributed by atoms with Gasteiger partial charge in [-0.2, -0.15) is 0 Å². The van der Waals surface area contributed by atoms with Crippen LogP contribution in [0.2, 0.25) is 10.0 Å². The van der Waals surface area contributed by atoms with E-state index < -0.39 is 0 Å². The van der Waals surface area contributed by atoms with Gasteiger partial charge in [0.15, 0.2) is 0 Å². The van der Waals surface area contributed by atoms with Crippen molar-refractivity contribution in [2.24, 2.45) is 0 Å². The lowest BCUT2D eigenvalue weighted by atomic mass is 9.84. The van der Waals surface area contributed by atoms with Crippen molar-refractivity contribution < 1.29 is 9.53 Å². The monoisotopic (exact) mass is 481 g/mol. The average Bonchev–Trinajstić information content (AvgIpc) is 3.20. The van der Waals surface area contributed by atoms with Crippen molar-refractivity contribution in [2.45, 2.75) is 31.1 Å². The Kier molecular flexibility index (Phi) is 6.39. The van der Waals surface area contributed by atoms with Crippen molar-refractivity contribution in [3.8, 4) is 0 Å². The maximum absolute atomic E-state index is 13.1. The average molecular weight is 482 g/mol. The van der Waals surface area contributed by atoms with Gasteiger partial charge in [0.2, 0.25) is 5.91 Å². The Morgan fingerprint density at radius 3 is 2.61 bits per heavy atom. The second-order valence-corrected chi connectivity index (χ2v) is 9.38. The maximum Gasteiger partial charge on any atom is 0.236 e. The van der Waals surface area contributed by atoms with Crippen molar-refractivity contribution in [3.63, 3.8) is 0 Å². The number of amides is 1. The molecule has 0 radical (unpaired) electrons. The van der Waals surface area contributed by atoms with Gasteiger partial charge in [-0.3, -0.25) is 15.1 Å². The quantitative estimate of drug-likeness (QED) is 0.549. The minimum Gasteiger partial charge on any atom is -0.365 e. The molecular formula is C26H25Cl2N3O2. The summed E-state index contributed by atoms with van der Waals surface area (Å²) in [7, 11) is 0. The van der Waals surface area contributed by atoms with Crippen molar-refractivity contribution in [1.29, 1.82) is 0 Å². The highest BCUT2D eigenvalue weighted by Gasteiger charge is 2.43. The molecule has 7 heteroatoms. The first-order valence-corrected chi connectivity index (χ1v) is 11.9. The number of hydrogen-bond acceptors (Lipinski definition) is 4. The van der Waals surface area contributed by atoms with E-state index in [2.05, 4.69) is 34.6 Å². The summed E-state index contributed by atoms with van der Waals surface area (Å²) in [6.07, 6.45) is 3.37. The molecule has 0 aliphatic carbocycles. The van der Waals surface area contributed by atoms with E-state index in [0.717, 1.165) is 24.1 Å². The van der Waals surface area contributed by atoms with Gasteiger partial charge in [-0.15, -0.1) is 0 Å². The Morgan fingerprint density at radius 1 is 1.06 bits per heavy atom. The number of rotatable bonds is 5. The number of halogens is 2. The van der Waals surface area contributed by atoms with E-state index in [1.165, 1.54) is 11.1 Å². The predicted molar refractivity (Wildman–Crippen MR) is 129 cm³/mol. The van der Waals surface area contributed by atoms with E-state index in [1.54, 1.807) is 12.3 Å². The van der Waals surface area contributed by atoms with Crippen LogP contribution in [0.15, 0.2) is 66.9 Å². The van der Waals surface area contributed by atoms with E-state index in [-0.39, 0.29) is 24.1 Å². The normalized spacial score (nSPS) is 17.7. The minimum atomic E-state index is -0.272. The Morgan fingerprint density at radius 2 is 1.85 bits per heavy atom. The van der Waals surface area contributed by atoms with Gasteiger partial charge in [0.05, 0.1) is 40.5 Å². The summed E-state index contributed by atoms with van der Waals surface area (Å²) in [5.74, 6) is 0.0668. The van der Waals surface area contributed by atoms with Crippen LogP contribution >= 0.6 is 23.2 Å². The van der Waals surface area contributed by atoms with Gasteiger partial charge in [-0.05, 0) is 53.8 Å². The maximum atomic E-state index is 13.1. The zero-order chi connectivity index (χ0) is 22.8. The molecule has 2 aromatic carbocycles. The van der Waals surface area contributed by atoms with Crippen LogP contribution in [-0.4, -0.2) is 35.4 Å². The smallest absolute Gasteiger partial charge is 0.236 e. The molecule has 0 saturated carbocycles. The molecule has 3 heterocycles. The fraction of sp³-hybridized carbons (Fsp3) is 0.308. The third-order valence-electron chi connectivity index (χ3n) is 6.65. The van der Waals surface area contributed by atoms with Gasteiger partial charge in [0, 0.05) is 19.3 Å². The summed E-state index contributed by atoms with van der Waals surface area (Å²) in [5.41, 5.74) is 4.02. The van der Waals surface area contributed by atoms with E-state index in [0.29, 0.717) is 29.7 Å². The van der Waals surface area contributed by atoms with Gasteiger partial charge in [-0.1, -0.05) is 59.6 Å². The van der Waals surface area contributed by atoms with Crippen molar-refractivity contribution >= 4 is 29.1 Å². The third-order valence-corrected chi connectivity index (χ3v) is 7.39. The van der Waals surface area contributed by atoms with E-state index >= 15 is 0 Å². The molecule has 1 fully saturated rings. The third kappa shape index (κ3) is 4.51. The second kappa shape index (κ2) is 9.43. The highest BCUT2D eigenvalue weighted by molar-refractivity contribution is 6.42. The first kappa shape index (κ1) is 22.4. The van der Waals surface area contributed by atoms with Crippen LogP contribution in [0.25, 0.3) is 0 Å². The molecule has 2 aliphatic heterocycles. The molecule has 1 atom stereocenters. The van der Waals surface area contributed by atoms with E-state index in [1.807, 2.05) is 35.2 Å². The van der Waals surface area contributed by atoms with Crippen LogP contribution in [-0.2, 0) is 21.7 Å². The summed E-state index contributed by atoms with van der Waals surface area (Å²) < 4.78 is 6.23. The number of likely N-dealkylation sites (tertiary alicyclic amines) is 1. The summed E-state index contributed by atoms with van der Waals surface area (Å²) in [4.78, 5) is 19.5. The number of hydrogen-bond donors (Lipinski definition) is 1. The first-order chi connectivity index (χ1) is 16.1. The van der Waals surface area contributed by atoms with Crippen LogP contribution in [0.5, 0.6) is 0 Å². The molecule has 5 rings (SSSR count). The first-order valence-electron chi connectivity index (χ1n) is 11.2. The van der Waals surface area contributed by atoms with Crippen LogP contribution in [0.3, 0.4) is 0 Å². The number of fused-ring (bicyclic) bond motifs is 2.